The van der Waals surface area contributed by atoms with Gasteiger partial charge in [0.2, 0.25) is 0 Å². The Balaban J connectivity index is 2.39. The SMILES string of the molecule is CS(=O)(=O)OCC1CCN(C(=O)O)CCO1. The van der Waals surface area contributed by atoms with E-state index in [-0.39, 0.29) is 19.3 Å². The van der Waals surface area contributed by atoms with Crippen LogP contribution >= 0.6 is 0 Å². The standard InChI is InChI=1S/C8H15NO6S/c1-16(12,13)15-6-7-2-3-9(8(10)11)4-5-14-7/h7H,2-6H2,1H3,(H,10,11). The van der Waals surface area contributed by atoms with Gasteiger partial charge in [-0.05, 0) is 6.42 Å². The van der Waals surface area contributed by atoms with Crippen LogP contribution in [0.1, 0.15) is 6.42 Å². The van der Waals surface area contributed by atoms with Crippen LogP contribution in [0.25, 0.3) is 0 Å². The predicted molar refractivity (Wildman–Crippen MR) is 54.8 cm³/mol. The van der Waals surface area contributed by atoms with Gasteiger partial charge in [-0.15, -0.1) is 0 Å². The molecule has 1 heterocycles. The zero-order chi connectivity index (χ0) is 12.2. The second-order valence-electron chi connectivity index (χ2n) is 3.54. The summed E-state index contributed by atoms with van der Waals surface area (Å²) in [6, 6.07) is 0. The minimum Gasteiger partial charge on any atom is -0.465 e. The number of hydrogen-bond acceptors (Lipinski definition) is 5. The van der Waals surface area contributed by atoms with Crippen LogP contribution in [0.4, 0.5) is 4.79 Å². The normalized spacial score (nSPS) is 22.8. The fraction of sp³-hybridized carbons (Fsp3) is 0.875. The monoisotopic (exact) mass is 253 g/mol. The second kappa shape index (κ2) is 5.46. The summed E-state index contributed by atoms with van der Waals surface area (Å²) in [5.74, 6) is 0. The first-order valence-corrected chi connectivity index (χ1v) is 6.64. The van der Waals surface area contributed by atoms with Gasteiger partial charge in [-0.25, -0.2) is 4.79 Å². The van der Waals surface area contributed by atoms with Gasteiger partial charge in [-0.2, -0.15) is 8.42 Å². The molecule has 1 atom stereocenters. The Kier molecular flexibility index (Phi) is 4.51. The molecule has 16 heavy (non-hydrogen) atoms. The van der Waals surface area contributed by atoms with Gasteiger partial charge < -0.3 is 14.7 Å². The van der Waals surface area contributed by atoms with E-state index in [9.17, 15) is 13.2 Å². The number of hydrogen-bond donors (Lipinski definition) is 1. The van der Waals surface area contributed by atoms with Gasteiger partial charge in [0, 0.05) is 13.1 Å². The van der Waals surface area contributed by atoms with Crippen molar-refractivity contribution in [3.8, 4) is 0 Å². The van der Waals surface area contributed by atoms with E-state index in [2.05, 4.69) is 4.18 Å². The van der Waals surface area contributed by atoms with Crippen molar-refractivity contribution in [1.29, 1.82) is 0 Å². The maximum absolute atomic E-state index is 10.8. The smallest absolute Gasteiger partial charge is 0.407 e. The van der Waals surface area contributed by atoms with Gasteiger partial charge in [0.05, 0.1) is 25.6 Å². The quantitative estimate of drug-likeness (QED) is 0.696. The van der Waals surface area contributed by atoms with E-state index < -0.39 is 16.2 Å². The molecule has 7 nitrogen and oxygen atoms in total. The van der Waals surface area contributed by atoms with Crippen molar-refractivity contribution in [3.63, 3.8) is 0 Å². The summed E-state index contributed by atoms with van der Waals surface area (Å²) in [6.45, 7) is 0.814. The molecule has 0 radical (unpaired) electrons. The molecule has 0 spiro atoms. The number of ether oxygens (including phenoxy) is 1. The third kappa shape index (κ3) is 4.77. The van der Waals surface area contributed by atoms with Crippen molar-refractivity contribution in [3.05, 3.63) is 0 Å². The lowest BCUT2D eigenvalue weighted by Gasteiger charge is -2.15. The zero-order valence-corrected chi connectivity index (χ0v) is 9.77. The van der Waals surface area contributed by atoms with Crippen molar-refractivity contribution in [1.82, 2.24) is 4.90 Å². The lowest BCUT2D eigenvalue weighted by Crippen LogP contribution is -2.31. The van der Waals surface area contributed by atoms with E-state index in [1.807, 2.05) is 0 Å². The third-order valence-electron chi connectivity index (χ3n) is 2.17. The fourth-order valence-corrected chi connectivity index (χ4v) is 1.75. The molecule has 0 aliphatic carbocycles. The van der Waals surface area contributed by atoms with Crippen LogP contribution in [0, 0.1) is 0 Å². The molecule has 94 valence electrons. The molecule has 0 aromatic carbocycles. The summed E-state index contributed by atoms with van der Waals surface area (Å²) in [7, 11) is -3.48. The van der Waals surface area contributed by atoms with Gasteiger partial charge in [0.25, 0.3) is 10.1 Å². The van der Waals surface area contributed by atoms with E-state index in [0.717, 1.165) is 6.26 Å². The van der Waals surface area contributed by atoms with Gasteiger partial charge in [0.1, 0.15) is 0 Å². The highest BCUT2D eigenvalue weighted by Crippen LogP contribution is 2.08. The lowest BCUT2D eigenvalue weighted by molar-refractivity contribution is 0.0303. The average Bonchev–Trinajstić information content (AvgIpc) is 2.38. The highest BCUT2D eigenvalue weighted by molar-refractivity contribution is 7.85. The van der Waals surface area contributed by atoms with Crippen molar-refractivity contribution in [2.24, 2.45) is 0 Å². The first kappa shape index (κ1) is 13.2. The molecule has 8 heteroatoms. The number of nitrogens with zero attached hydrogens (tertiary/aromatic N) is 1. The molecule has 0 aromatic rings. The minimum atomic E-state index is -3.48. The molecule has 1 amide bonds. The van der Waals surface area contributed by atoms with E-state index in [0.29, 0.717) is 19.5 Å². The number of amides is 1. The van der Waals surface area contributed by atoms with Crippen molar-refractivity contribution >= 4 is 16.2 Å². The molecule has 1 N–H and O–H groups in total. The van der Waals surface area contributed by atoms with Gasteiger partial charge in [0.15, 0.2) is 0 Å². The Hall–Kier alpha value is -0.860. The second-order valence-corrected chi connectivity index (χ2v) is 5.18. The minimum absolute atomic E-state index is 0.0632. The van der Waals surface area contributed by atoms with E-state index in [4.69, 9.17) is 9.84 Å². The maximum atomic E-state index is 10.8. The summed E-state index contributed by atoms with van der Waals surface area (Å²) in [4.78, 5) is 11.9. The van der Waals surface area contributed by atoms with E-state index in [1.54, 1.807) is 0 Å². The Morgan fingerprint density at radius 2 is 2.25 bits per heavy atom. The summed E-state index contributed by atoms with van der Waals surface area (Å²) in [6.07, 6.45) is 0.0297. The first-order chi connectivity index (χ1) is 7.38. The Morgan fingerprint density at radius 3 is 2.81 bits per heavy atom. The number of carbonyl (C=O) groups is 1. The fourth-order valence-electron chi connectivity index (χ4n) is 1.35. The molecule has 1 fully saturated rings. The van der Waals surface area contributed by atoms with Crippen LogP contribution in [-0.2, 0) is 19.0 Å². The molecule has 1 rings (SSSR count). The Morgan fingerprint density at radius 1 is 1.56 bits per heavy atom. The molecular formula is C8H15NO6S. The Bertz CT molecular complexity index is 340. The summed E-state index contributed by atoms with van der Waals surface area (Å²) in [5.41, 5.74) is 0. The molecule has 1 unspecified atom stereocenters. The summed E-state index contributed by atoms with van der Waals surface area (Å²) < 4.78 is 31.4. The van der Waals surface area contributed by atoms with Crippen LogP contribution in [0.3, 0.4) is 0 Å². The first-order valence-electron chi connectivity index (χ1n) is 4.82. The van der Waals surface area contributed by atoms with Gasteiger partial charge in [-0.1, -0.05) is 0 Å². The van der Waals surface area contributed by atoms with Crippen molar-refractivity contribution in [2.75, 3.05) is 32.6 Å². The van der Waals surface area contributed by atoms with E-state index in [1.165, 1.54) is 4.90 Å². The lowest BCUT2D eigenvalue weighted by atomic mass is 10.2. The molecule has 1 saturated heterocycles. The predicted octanol–water partition coefficient (Wildman–Crippen LogP) is -0.268. The van der Waals surface area contributed by atoms with E-state index >= 15 is 0 Å². The molecule has 0 aromatic heterocycles. The van der Waals surface area contributed by atoms with Crippen LogP contribution < -0.4 is 0 Å². The molecule has 1 aliphatic rings. The highest BCUT2D eigenvalue weighted by Gasteiger charge is 2.21. The van der Waals surface area contributed by atoms with Crippen LogP contribution in [-0.4, -0.2) is 63.2 Å². The van der Waals surface area contributed by atoms with Crippen LogP contribution in [0.2, 0.25) is 0 Å². The molecule has 0 bridgehead atoms. The average molecular weight is 253 g/mol. The molecular weight excluding hydrogens is 238 g/mol. The molecule has 0 saturated carbocycles. The number of rotatable bonds is 3. The maximum Gasteiger partial charge on any atom is 0.407 e. The van der Waals surface area contributed by atoms with Gasteiger partial charge >= 0.3 is 6.09 Å². The third-order valence-corrected chi connectivity index (χ3v) is 2.74. The van der Waals surface area contributed by atoms with Crippen molar-refractivity contribution < 1.29 is 27.2 Å². The number of carboxylic acid groups (broad SMARTS) is 1. The summed E-state index contributed by atoms with van der Waals surface area (Å²) >= 11 is 0. The molecule has 1 aliphatic heterocycles. The summed E-state index contributed by atoms with van der Waals surface area (Å²) in [5, 5.41) is 8.75. The van der Waals surface area contributed by atoms with Gasteiger partial charge in [-0.3, -0.25) is 4.18 Å². The highest BCUT2D eigenvalue weighted by atomic mass is 32.2. The Labute approximate surface area is 94.1 Å². The largest absolute Gasteiger partial charge is 0.465 e. The van der Waals surface area contributed by atoms with Crippen LogP contribution in [0.5, 0.6) is 0 Å². The topological polar surface area (TPSA) is 93.1 Å². The van der Waals surface area contributed by atoms with Crippen LogP contribution in [0.15, 0.2) is 0 Å². The van der Waals surface area contributed by atoms with Crippen molar-refractivity contribution in [2.45, 2.75) is 12.5 Å². The zero-order valence-electron chi connectivity index (χ0n) is 8.96.